The van der Waals surface area contributed by atoms with Crippen LogP contribution in [-0.4, -0.2) is 37.5 Å². The molecule has 3 aromatic rings. The van der Waals surface area contributed by atoms with Gasteiger partial charge in [0.1, 0.15) is 12.0 Å². The van der Waals surface area contributed by atoms with E-state index in [4.69, 9.17) is 9.47 Å². The SMILES string of the molecule is CCOC(=O)C(C[C@@H](NC1(c2ccccc2)c2ccccc2-c2ccccc21)C(=O)OC)C(=O)C(C)(C)C. The van der Waals surface area contributed by atoms with Crippen LogP contribution in [0.3, 0.4) is 0 Å². The maximum absolute atomic E-state index is 13.4. The van der Waals surface area contributed by atoms with E-state index in [1.807, 2.05) is 66.7 Å². The molecule has 3 aromatic carbocycles. The Morgan fingerprint density at radius 1 is 0.816 bits per heavy atom. The summed E-state index contributed by atoms with van der Waals surface area (Å²) < 4.78 is 10.5. The molecule has 0 spiro atoms. The third-order valence-corrected chi connectivity index (χ3v) is 7.13. The summed E-state index contributed by atoms with van der Waals surface area (Å²) in [6.45, 7) is 7.12. The van der Waals surface area contributed by atoms with Gasteiger partial charge >= 0.3 is 11.9 Å². The van der Waals surface area contributed by atoms with Crippen LogP contribution in [0.25, 0.3) is 11.1 Å². The van der Waals surface area contributed by atoms with Crippen molar-refractivity contribution in [2.24, 2.45) is 11.3 Å². The zero-order valence-electron chi connectivity index (χ0n) is 22.6. The van der Waals surface area contributed by atoms with Gasteiger partial charge in [0.25, 0.3) is 0 Å². The van der Waals surface area contributed by atoms with Crippen LogP contribution in [-0.2, 0) is 29.4 Å². The second-order valence-electron chi connectivity index (χ2n) is 10.6. The molecule has 198 valence electrons. The highest BCUT2D eigenvalue weighted by atomic mass is 16.5. The highest BCUT2D eigenvalue weighted by Crippen LogP contribution is 2.51. The molecule has 0 fully saturated rings. The minimum absolute atomic E-state index is 0.0967. The van der Waals surface area contributed by atoms with Crippen molar-refractivity contribution in [2.75, 3.05) is 13.7 Å². The van der Waals surface area contributed by atoms with E-state index in [1.54, 1.807) is 27.7 Å². The van der Waals surface area contributed by atoms with Crippen LogP contribution in [0.4, 0.5) is 0 Å². The number of rotatable bonds is 9. The lowest BCUT2D eigenvalue weighted by molar-refractivity contribution is -0.155. The van der Waals surface area contributed by atoms with Crippen LogP contribution < -0.4 is 5.32 Å². The van der Waals surface area contributed by atoms with Crippen molar-refractivity contribution in [1.29, 1.82) is 0 Å². The van der Waals surface area contributed by atoms with E-state index < -0.39 is 34.9 Å². The van der Waals surface area contributed by atoms with Crippen LogP contribution in [0.1, 0.15) is 50.8 Å². The Morgan fingerprint density at radius 2 is 1.34 bits per heavy atom. The molecule has 0 amide bonds. The van der Waals surface area contributed by atoms with Gasteiger partial charge in [-0.05, 0) is 41.2 Å². The number of methoxy groups -OCH3 is 1. The third kappa shape index (κ3) is 4.88. The molecule has 0 saturated carbocycles. The first-order valence-electron chi connectivity index (χ1n) is 13.0. The Hall–Kier alpha value is -3.77. The summed E-state index contributed by atoms with van der Waals surface area (Å²) in [5.41, 5.74) is 3.28. The zero-order chi connectivity index (χ0) is 27.5. The monoisotopic (exact) mass is 513 g/mol. The van der Waals surface area contributed by atoms with Gasteiger partial charge in [0.15, 0.2) is 5.78 Å². The Bertz CT molecular complexity index is 1280. The average molecular weight is 514 g/mol. The van der Waals surface area contributed by atoms with E-state index in [0.717, 1.165) is 27.8 Å². The fourth-order valence-electron chi connectivity index (χ4n) is 5.40. The van der Waals surface area contributed by atoms with Gasteiger partial charge in [-0.1, -0.05) is 99.6 Å². The lowest BCUT2D eigenvalue weighted by Gasteiger charge is -2.38. The number of hydrogen-bond acceptors (Lipinski definition) is 6. The molecule has 1 aliphatic rings. The lowest BCUT2D eigenvalue weighted by atomic mass is 9.77. The van der Waals surface area contributed by atoms with Crippen molar-refractivity contribution in [2.45, 2.75) is 45.7 Å². The van der Waals surface area contributed by atoms with E-state index in [2.05, 4.69) is 17.4 Å². The van der Waals surface area contributed by atoms with Crippen LogP contribution in [0, 0.1) is 11.3 Å². The summed E-state index contributed by atoms with van der Waals surface area (Å²) in [4.78, 5) is 39.8. The summed E-state index contributed by atoms with van der Waals surface area (Å²) in [5, 5.41) is 3.61. The minimum atomic E-state index is -1.13. The van der Waals surface area contributed by atoms with Gasteiger partial charge in [-0.3, -0.25) is 19.7 Å². The molecule has 4 rings (SSSR count). The van der Waals surface area contributed by atoms with Crippen LogP contribution in [0.5, 0.6) is 0 Å². The smallest absolute Gasteiger partial charge is 0.322 e. The van der Waals surface area contributed by atoms with Crippen molar-refractivity contribution in [3.63, 3.8) is 0 Å². The first kappa shape index (κ1) is 27.3. The molecule has 1 unspecified atom stereocenters. The molecule has 1 aliphatic carbocycles. The Kier molecular flexibility index (Phi) is 7.83. The van der Waals surface area contributed by atoms with E-state index in [1.165, 1.54) is 7.11 Å². The fourth-order valence-corrected chi connectivity index (χ4v) is 5.40. The molecule has 0 bridgehead atoms. The number of hydrogen-bond donors (Lipinski definition) is 1. The van der Waals surface area contributed by atoms with Gasteiger partial charge in [0, 0.05) is 5.41 Å². The summed E-state index contributed by atoms with van der Waals surface area (Å²) in [6, 6.07) is 25.1. The Balaban J connectivity index is 1.89. The maximum atomic E-state index is 13.4. The fraction of sp³-hybridized carbons (Fsp3) is 0.344. The van der Waals surface area contributed by atoms with Crippen molar-refractivity contribution in [3.8, 4) is 11.1 Å². The quantitative estimate of drug-likeness (QED) is 0.310. The van der Waals surface area contributed by atoms with Crippen LogP contribution >= 0.6 is 0 Å². The number of carbonyl (C=O) groups is 3. The van der Waals surface area contributed by atoms with Crippen LogP contribution in [0.2, 0.25) is 0 Å². The number of ether oxygens (including phenoxy) is 2. The molecule has 0 radical (unpaired) electrons. The van der Waals surface area contributed by atoms with E-state index >= 15 is 0 Å². The molecule has 6 heteroatoms. The Morgan fingerprint density at radius 3 is 1.84 bits per heavy atom. The summed E-state index contributed by atoms with van der Waals surface area (Å²) in [6.07, 6.45) is -0.0967. The van der Waals surface area contributed by atoms with Crippen molar-refractivity contribution in [3.05, 3.63) is 95.6 Å². The molecule has 0 aromatic heterocycles. The maximum Gasteiger partial charge on any atom is 0.322 e. The molecule has 6 nitrogen and oxygen atoms in total. The Labute approximate surface area is 224 Å². The predicted octanol–water partition coefficient (Wildman–Crippen LogP) is 5.27. The zero-order valence-corrected chi connectivity index (χ0v) is 22.6. The van der Waals surface area contributed by atoms with E-state index in [0.29, 0.717) is 0 Å². The molecule has 0 aliphatic heterocycles. The minimum Gasteiger partial charge on any atom is -0.468 e. The molecule has 2 atom stereocenters. The normalized spacial score (nSPS) is 15.1. The first-order valence-corrected chi connectivity index (χ1v) is 13.0. The highest BCUT2D eigenvalue weighted by molar-refractivity contribution is 6.02. The number of fused-ring (bicyclic) bond motifs is 3. The molecule has 38 heavy (non-hydrogen) atoms. The predicted molar refractivity (Wildman–Crippen MR) is 146 cm³/mol. The number of benzene rings is 3. The standard InChI is InChI=1S/C32H35NO5/c1-6-38-29(35)24(28(34)31(2,3)4)20-27(30(36)37-5)33-32(21-14-8-7-9-15-21)25-18-12-10-16-22(25)23-17-11-13-19-26(23)32/h7-19,24,27,33H,6,20H2,1-5H3/t24?,27-/m1/s1. The number of nitrogens with one attached hydrogen (secondary N) is 1. The van der Waals surface area contributed by atoms with Gasteiger partial charge in [-0.2, -0.15) is 0 Å². The van der Waals surface area contributed by atoms with Gasteiger partial charge in [-0.25, -0.2) is 0 Å². The van der Waals surface area contributed by atoms with Gasteiger partial charge in [-0.15, -0.1) is 0 Å². The molecular weight excluding hydrogens is 478 g/mol. The van der Waals surface area contributed by atoms with Crippen LogP contribution in [0.15, 0.2) is 78.9 Å². The number of Topliss-reactive ketones (excluding diaryl/α,β-unsaturated/α-hetero) is 1. The molecule has 0 heterocycles. The van der Waals surface area contributed by atoms with Crippen molar-refractivity contribution >= 4 is 17.7 Å². The lowest BCUT2D eigenvalue weighted by Crippen LogP contribution is -2.53. The second kappa shape index (κ2) is 10.9. The number of ketones is 1. The highest BCUT2D eigenvalue weighted by Gasteiger charge is 2.48. The summed E-state index contributed by atoms with van der Waals surface area (Å²) >= 11 is 0. The third-order valence-electron chi connectivity index (χ3n) is 7.13. The average Bonchev–Trinajstić information content (AvgIpc) is 3.21. The first-order chi connectivity index (χ1) is 18.1. The molecule has 0 saturated heterocycles. The molecule has 1 N–H and O–H groups in total. The van der Waals surface area contributed by atoms with Crippen molar-refractivity contribution in [1.82, 2.24) is 5.32 Å². The topological polar surface area (TPSA) is 81.7 Å². The van der Waals surface area contributed by atoms with E-state index in [-0.39, 0.29) is 18.8 Å². The van der Waals surface area contributed by atoms with Gasteiger partial charge in [0.2, 0.25) is 0 Å². The van der Waals surface area contributed by atoms with Crippen molar-refractivity contribution < 1.29 is 23.9 Å². The summed E-state index contributed by atoms with van der Waals surface area (Å²) in [5.74, 6) is -2.61. The second-order valence-corrected chi connectivity index (χ2v) is 10.6. The summed E-state index contributed by atoms with van der Waals surface area (Å²) in [7, 11) is 1.31. The van der Waals surface area contributed by atoms with Gasteiger partial charge < -0.3 is 9.47 Å². The van der Waals surface area contributed by atoms with E-state index in [9.17, 15) is 14.4 Å². The number of esters is 2. The molecular formula is C32H35NO5. The number of carbonyl (C=O) groups excluding carboxylic acids is 3. The van der Waals surface area contributed by atoms with Gasteiger partial charge in [0.05, 0.1) is 19.3 Å². The largest absolute Gasteiger partial charge is 0.468 e.